The molecule has 3 aromatic carbocycles. The molecule has 0 fully saturated rings. The number of amides is 1. The number of hydrogen-bond donors (Lipinski definition) is 4. The van der Waals surface area contributed by atoms with Crippen molar-refractivity contribution in [3.05, 3.63) is 48.5 Å². The molecule has 0 aromatic heterocycles. The summed E-state index contributed by atoms with van der Waals surface area (Å²) in [5.74, 6) is -0.431. The zero-order valence-electron chi connectivity index (χ0n) is 15.8. The number of nitrogen functional groups attached to an aromatic ring is 1. The molecule has 162 valence electrons. The van der Waals surface area contributed by atoms with Crippen LogP contribution in [0.1, 0.15) is 6.92 Å². The van der Waals surface area contributed by atoms with Crippen LogP contribution in [0.5, 0.6) is 0 Å². The Morgan fingerprint density at radius 1 is 0.968 bits per heavy atom. The first-order valence-corrected chi connectivity index (χ1v) is 11.4. The number of hydrogen-bond acceptors (Lipinski definition) is 8. The van der Waals surface area contributed by atoms with Crippen molar-refractivity contribution in [2.24, 2.45) is 10.2 Å². The summed E-state index contributed by atoms with van der Waals surface area (Å²) in [5, 5.41) is 10.6. The highest BCUT2D eigenvalue weighted by atomic mass is 32.2. The SMILES string of the molecule is CC(=O)Nc1cc(N)ccc1N=Nc1c(S(=O)(=O)O)c(S(=O)(=O)O)cc2ccccc12. The van der Waals surface area contributed by atoms with Crippen molar-refractivity contribution >= 4 is 59.7 Å². The highest BCUT2D eigenvalue weighted by Gasteiger charge is 2.30. The number of fused-ring (bicyclic) bond motifs is 1. The Bertz CT molecular complexity index is 1450. The fourth-order valence-corrected chi connectivity index (χ4v) is 4.81. The number of nitrogens with zero attached hydrogens (tertiary/aromatic N) is 2. The smallest absolute Gasteiger partial charge is 0.298 e. The van der Waals surface area contributed by atoms with E-state index in [-0.39, 0.29) is 22.1 Å². The van der Waals surface area contributed by atoms with Gasteiger partial charge < -0.3 is 11.1 Å². The first kappa shape index (κ1) is 22.3. The largest absolute Gasteiger partial charge is 0.399 e. The quantitative estimate of drug-likeness (QED) is 0.251. The highest BCUT2D eigenvalue weighted by Crippen LogP contribution is 2.40. The Morgan fingerprint density at radius 3 is 2.26 bits per heavy atom. The highest BCUT2D eigenvalue weighted by molar-refractivity contribution is 7.89. The van der Waals surface area contributed by atoms with Crippen molar-refractivity contribution in [3.63, 3.8) is 0 Å². The van der Waals surface area contributed by atoms with Crippen molar-refractivity contribution in [1.82, 2.24) is 0 Å². The molecule has 0 heterocycles. The van der Waals surface area contributed by atoms with Gasteiger partial charge in [-0.05, 0) is 29.7 Å². The van der Waals surface area contributed by atoms with Crippen LogP contribution in [0.15, 0.2) is 68.6 Å². The number of rotatable bonds is 5. The van der Waals surface area contributed by atoms with Crippen LogP contribution in [0.3, 0.4) is 0 Å². The van der Waals surface area contributed by atoms with Gasteiger partial charge in [0.1, 0.15) is 21.2 Å². The topological polar surface area (TPSA) is 189 Å². The monoisotopic (exact) mass is 464 g/mol. The molecule has 0 bridgehead atoms. The normalized spacial score (nSPS) is 12.4. The van der Waals surface area contributed by atoms with E-state index >= 15 is 0 Å². The molecule has 0 aliphatic heterocycles. The van der Waals surface area contributed by atoms with Gasteiger partial charge >= 0.3 is 0 Å². The predicted molar refractivity (Wildman–Crippen MR) is 113 cm³/mol. The summed E-state index contributed by atoms with van der Waals surface area (Å²) in [4.78, 5) is 9.25. The number of carbonyl (C=O) groups is 1. The maximum Gasteiger partial charge on any atom is 0.298 e. The molecule has 0 atom stereocenters. The van der Waals surface area contributed by atoms with Crippen LogP contribution in [-0.4, -0.2) is 31.8 Å². The molecule has 0 radical (unpaired) electrons. The van der Waals surface area contributed by atoms with Crippen LogP contribution >= 0.6 is 0 Å². The fraction of sp³-hybridized carbons (Fsp3) is 0.0556. The minimum atomic E-state index is -5.16. The van der Waals surface area contributed by atoms with Crippen LogP contribution in [0, 0.1) is 0 Å². The summed E-state index contributed by atoms with van der Waals surface area (Å²) in [7, 11) is -10.2. The molecule has 0 unspecified atom stereocenters. The second-order valence-electron chi connectivity index (χ2n) is 6.38. The van der Waals surface area contributed by atoms with Crippen molar-refractivity contribution in [1.29, 1.82) is 0 Å². The molecule has 31 heavy (non-hydrogen) atoms. The Labute approximate surface area is 177 Å². The zero-order chi connectivity index (χ0) is 23.0. The molecular formula is C18H16N4O7S2. The summed E-state index contributed by atoms with van der Waals surface area (Å²) >= 11 is 0. The molecule has 5 N–H and O–H groups in total. The second kappa shape index (κ2) is 8.03. The third-order valence-corrected chi connectivity index (χ3v) is 6.00. The van der Waals surface area contributed by atoms with Gasteiger partial charge in [-0.15, -0.1) is 10.2 Å². The van der Waals surface area contributed by atoms with E-state index in [1.54, 1.807) is 6.07 Å². The maximum atomic E-state index is 12.0. The van der Waals surface area contributed by atoms with Crippen molar-refractivity contribution in [3.8, 4) is 0 Å². The van der Waals surface area contributed by atoms with Crippen molar-refractivity contribution in [2.75, 3.05) is 11.1 Å². The first-order chi connectivity index (χ1) is 14.4. The molecule has 0 aliphatic carbocycles. The zero-order valence-corrected chi connectivity index (χ0v) is 17.5. The standard InChI is InChI=1S/C18H16N4O7S2/c1-10(23)20-15-9-12(19)6-7-14(15)21-22-17-13-5-3-2-4-11(13)8-16(30(24,25)26)18(17)31(27,28)29/h2-9H,19H2,1H3,(H,20,23)(H,24,25,26)(H,27,28,29). The fourth-order valence-electron chi connectivity index (χ4n) is 2.86. The lowest BCUT2D eigenvalue weighted by Crippen LogP contribution is -2.09. The number of nitrogens with two attached hydrogens (primary N) is 1. The lowest BCUT2D eigenvalue weighted by Gasteiger charge is -2.11. The molecule has 0 spiro atoms. The Balaban J connectivity index is 2.36. The van der Waals surface area contributed by atoms with Gasteiger partial charge in [0.15, 0.2) is 0 Å². The van der Waals surface area contributed by atoms with Gasteiger partial charge in [0.05, 0.1) is 5.69 Å². The average molecular weight is 464 g/mol. The minimum Gasteiger partial charge on any atom is -0.399 e. The van der Waals surface area contributed by atoms with E-state index in [0.29, 0.717) is 5.69 Å². The minimum absolute atomic E-state index is 0.0760. The predicted octanol–water partition coefficient (Wildman–Crippen LogP) is 3.29. The molecule has 0 saturated carbocycles. The van der Waals surface area contributed by atoms with E-state index in [2.05, 4.69) is 15.5 Å². The van der Waals surface area contributed by atoms with E-state index in [0.717, 1.165) is 6.07 Å². The Hall–Kier alpha value is -3.39. The van der Waals surface area contributed by atoms with Gasteiger partial charge in [-0.1, -0.05) is 24.3 Å². The van der Waals surface area contributed by atoms with Crippen LogP contribution in [0.4, 0.5) is 22.7 Å². The first-order valence-electron chi connectivity index (χ1n) is 8.47. The molecule has 11 nitrogen and oxygen atoms in total. The second-order valence-corrected chi connectivity index (χ2v) is 9.13. The van der Waals surface area contributed by atoms with E-state index in [1.807, 2.05) is 0 Å². The molecule has 0 saturated heterocycles. The van der Waals surface area contributed by atoms with Gasteiger partial charge in [0, 0.05) is 18.0 Å². The summed E-state index contributed by atoms with van der Waals surface area (Å²) in [5.41, 5.74) is 5.74. The number of benzene rings is 3. The summed E-state index contributed by atoms with van der Waals surface area (Å²) < 4.78 is 67.0. The lowest BCUT2D eigenvalue weighted by atomic mass is 10.1. The van der Waals surface area contributed by atoms with Gasteiger partial charge in [0.25, 0.3) is 20.2 Å². The van der Waals surface area contributed by atoms with Crippen LogP contribution in [-0.2, 0) is 25.0 Å². The van der Waals surface area contributed by atoms with Gasteiger partial charge in [-0.25, -0.2) is 0 Å². The summed E-state index contributed by atoms with van der Waals surface area (Å²) in [6.07, 6.45) is 0. The van der Waals surface area contributed by atoms with Gasteiger partial charge in [-0.2, -0.15) is 16.8 Å². The third kappa shape index (κ3) is 4.86. The number of carbonyl (C=O) groups excluding carboxylic acids is 1. The molecule has 3 rings (SSSR count). The number of anilines is 2. The Morgan fingerprint density at radius 2 is 1.65 bits per heavy atom. The van der Waals surface area contributed by atoms with Crippen LogP contribution < -0.4 is 11.1 Å². The van der Waals surface area contributed by atoms with Crippen molar-refractivity contribution < 1.29 is 30.7 Å². The van der Waals surface area contributed by atoms with E-state index in [9.17, 15) is 30.7 Å². The van der Waals surface area contributed by atoms with Crippen LogP contribution in [0.25, 0.3) is 10.8 Å². The van der Waals surface area contributed by atoms with Gasteiger partial charge in [0.2, 0.25) is 5.91 Å². The Kier molecular flexibility index (Phi) is 5.78. The molecule has 13 heteroatoms. The van der Waals surface area contributed by atoms with Crippen molar-refractivity contribution in [2.45, 2.75) is 16.7 Å². The lowest BCUT2D eigenvalue weighted by molar-refractivity contribution is -0.114. The molecular weight excluding hydrogens is 448 g/mol. The maximum absolute atomic E-state index is 12.0. The van der Waals surface area contributed by atoms with E-state index in [1.165, 1.54) is 43.3 Å². The third-order valence-electron chi connectivity index (χ3n) is 4.07. The van der Waals surface area contributed by atoms with E-state index < -0.39 is 41.6 Å². The number of azo groups is 1. The van der Waals surface area contributed by atoms with Crippen LogP contribution in [0.2, 0.25) is 0 Å². The average Bonchev–Trinajstić information content (AvgIpc) is 2.64. The molecule has 1 amide bonds. The summed E-state index contributed by atoms with van der Waals surface area (Å²) in [6.45, 7) is 1.25. The van der Waals surface area contributed by atoms with Gasteiger partial charge in [-0.3, -0.25) is 13.9 Å². The molecule has 3 aromatic rings. The summed E-state index contributed by atoms with van der Waals surface area (Å²) in [6, 6.07) is 11.1. The van der Waals surface area contributed by atoms with E-state index in [4.69, 9.17) is 5.73 Å². The molecule has 0 aliphatic rings. The number of nitrogens with one attached hydrogen (secondary N) is 1.